The number of hydrogen-bond acceptors (Lipinski definition) is 4. The van der Waals surface area contributed by atoms with Crippen molar-refractivity contribution in [1.82, 2.24) is 19.4 Å². The molecule has 1 atom stereocenters. The van der Waals surface area contributed by atoms with Gasteiger partial charge in [0.2, 0.25) is 15.9 Å². The van der Waals surface area contributed by atoms with Gasteiger partial charge in [-0.2, -0.15) is 9.40 Å². The van der Waals surface area contributed by atoms with Gasteiger partial charge in [-0.05, 0) is 49.1 Å². The predicted molar refractivity (Wildman–Crippen MR) is 118 cm³/mol. The van der Waals surface area contributed by atoms with Crippen molar-refractivity contribution in [2.75, 3.05) is 6.54 Å². The SMILES string of the molecule is Cc1ccc(S(=O)(=O)N2CCC[C@@H]2C(=O)NCc2ccc(Cn3cccn3)cc2)cc1. The second kappa shape index (κ2) is 9.03. The molecule has 2 heterocycles. The Kier molecular flexibility index (Phi) is 6.20. The molecular weight excluding hydrogens is 412 g/mol. The number of nitrogens with zero attached hydrogens (tertiary/aromatic N) is 3. The molecule has 0 saturated carbocycles. The number of carbonyl (C=O) groups excluding carboxylic acids is 1. The molecule has 162 valence electrons. The molecule has 0 aliphatic carbocycles. The maximum Gasteiger partial charge on any atom is 0.243 e. The molecule has 0 bridgehead atoms. The quantitative estimate of drug-likeness (QED) is 0.615. The number of sulfonamides is 1. The van der Waals surface area contributed by atoms with Gasteiger partial charge in [-0.3, -0.25) is 9.48 Å². The van der Waals surface area contributed by atoms with Crippen LogP contribution in [-0.4, -0.2) is 41.0 Å². The van der Waals surface area contributed by atoms with Crippen LogP contribution in [-0.2, 0) is 27.9 Å². The van der Waals surface area contributed by atoms with Crippen molar-refractivity contribution in [2.24, 2.45) is 0 Å². The van der Waals surface area contributed by atoms with E-state index in [-0.39, 0.29) is 10.8 Å². The number of aromatic nitrogens is 2. The van der Waals surface area contributed by atoms with Crippen molar-refractivity contribution >= 4 is 15.9 Å². The van der Waals surface area contributed by atoms with E-state index in [1.54, 1.807) is 30.5 Å². The molecule has 1 aromatic heterocycles. The van der Waals surface area contributed by atoms with Crippen molar-refractivity contribution in [3.63, 3.8) is 0 Å². The van der Waals surface area contributed by atoms with Gasteiger partial charge in [0.05, 0.1) is 11.4 Å². The molecule has 3 aromatic rings. The fourth-order valence-corrected chi connectivity index (χ4v) is 5.44. The second-order valence-corrected chi connectivity index (χ2v) is 9.72. The smallest absolute Gasteiger partial charge is 0.243 e. The topological polar surface area (TPSA) is 84.3 Å². The molecule has 31 heavy (non-hydrogen) atoms. The molecule has 2 aromatic carbocycles. The number of hydrogen-bond donors (Lipinski definition) is 1. The lowest BCUT2D eigenvalue weighted by Gasteiger charge is -2.23. The van der Waals surface area contributed by atoms with E-state index in [4.69, 9.17) is 0 Å². The first-order chi connectivity index (χ1) is 14.9. The summed E-state index contributed by atoms with van der Waals surface area (Å²) in [6, 6.07) is 15.9. The zero-order valence-corrected chi connectivity index (χ0v) is 18.3. The van der Waals surface area contributed by atoms with E-state index in [1.165, 1.54) is 4.31 Å². The summed E-state index contributed by atoms with van der Waals surface area (Å²) in [6.07, 6.45) is 4.85. The fraction of sp³-hybridized carbons (Fsp3) is 0.304. The van der Waals surface area contributed by atoms with Crippen molar-refractivity contribution in [1.29, 1.82) is 0 Å². The number of rotatable bonds is 7. The van der Waals surface area contributed by atoms with Crippen molar-refractivity contribution in [3.05, 3.63) is 83.7 Å². The molecule has 0 spiro atoms. The zero-order chi connectivity index (χ0) is 21.8. The third kappa shape index (κ3) is 4.86. The standard InChI is InChI=1S/C23H26N4O3S/c1-18-5-11-21(12-6-18)31(29,30)27-15-2-4-22(27)23(28)24-16-19-7-9-20(10-8-19)17-26-14-3-13-25-26/h3,5-14,22H,2,4,15-17H2,1H3,(H,24,28)/t22-/m1/s1. The Labute approximate surface area is 182 Å². The fourth-order valence-electron chi connectivity index (χ4n) is 3.79. The highest BCUT2D eigenvalue weighted by atomic mass is 32.2. The Morgan fingerprint density at radius 2 is 1.81 bits per heavy atom. The van der Waals surface area contributed by atoms with Gasteiger partial charge in [-0.15, -0.1) is 0 Å². The maximum absolute atomic E-state index is 13.0. The average molecular weight is 439 g/mol. The van der Waals surface area contributed by atoms with Crippen LogP contribution < -0.4 is 5.32 Å². The third-order valence-electron chi connectivity index (χ3n) is 5.53. The van der Waals surface area contributed by atoms with Gasteiger partial charge in [-0.25, -0.2) is 8.42 Å². The van der Waals surface area contributed by atoms with Crippen molar-refractivity contribution in [3.8, 4) is 0 Å². The van der Waals surface area contributed by atoms with Crippen LogP contribution in [0.1, 0.15) is 29.5 Å². The van der Waals surface area contributed by atoms with Gasteiger partial charge in [0.1, 0.15) is 6.04 Å². The van der Waals surface area contributed by atoms with Gasteiger partial charge < -0.3 is 5.32 Å². The largest absolute Gasteiger partial charge is 0.351 e. The van der Waals surface area contributed by atoms with E-state index in [1.807, 2.05) is 48.1 Å². The molecule has 1 aliphatic heterocycles. The van der Waals surface area contributed by atoms with Gasteiger partial charge in [0, 0.05) is 25.5 Å². The molecular formula is C23H26N4O3S. The van der Waals surface area contributed by atoms with Crippen LogP contribution in [0.5, 0.6) is 0 Å². The van der Waals surface area contributed by atoms with Crippen LogP contribution >= 0.6 is 0 Å². The van der Waals surface area contributed by atoms with Gasteiger partial charge in [-0.1, -0.05) is 42.0 Å². The average Bonchev–Trinajstić information content (AvgIpc) is 3.46. The van der Waals surface area contributed by atoms with Crippen molar-refractivity contribution < 1.29 is 13.2 Å². The zero-order valence-electron chi connectivity index (χ0n) is 17.4. The van der Waals surface area contributed by atoms with E-state index in [0.717, 1.165) is 16.7 Å². The Morgan fingerprint density at radius 1 is 1.10 bits per heavy atom. The lowest BCUT2D eigenvalue weighted by molar-refractivity contribution is -0.124. The molecule has 0 radical (unpaired) electrons. The Balaban J connectivity index is 1.38. The van der Waals surface area contributed by atoms with Crippen LogP contribution in [0.3, 0.4) is 0 Å². The highest BCUT2D eigenvalue weighted by molar-refractivity contribution is 7.89. The van der Waals surface area contributed by atoms with E-state index in [9.17, 15) is 13.2 Å². The van der Waals surface area contributed by atoms with Crippen LogP contribution in [0.4, 0.5) is 0 Å². The first-order valence-electron chi connectivity index (χ1n) is 10.3. The van der Waals surface area contributed by atoms with Gasteiger partial charge >= 0.3 is 0 Å². The van der Waals surface area contributed by atoms with E-state index >= 15 is 0 Å². The molecule has 7 nitrogen and oxygen atoms in total. The number of benzene rings is 2. The van der Waals surface area contributed by atoms with Gasteiger partial charge in [0.25, 0.3) is 0 Å². The number of amides is 1. The summed E-state index contributed by atoms with van der Waals surface area (Å²) in [5.41, 5.74) is 3.07. The first kappa shape index (κ1) is 21.3. The highest BCUT2D eigenvalue weighted by Crippen LogP contribution is 2.26. The van der Waals surface area contributed by atoms with Crippen LogP contribution in [0.2, 0.25) is 0 Å². The summed E-state index contributed by atoms with van der Waals surface area (Å²) >= 11 is 0. The monoisotopic (exact) mass is 438 g/mol. The molecule has 1 N–H and O–H groups in total. The molecule has 4 rings (SSSR count). The van der Waals surface area contributed by atoms with Crippen LogP contribution in [0, 0.1) is 6.92 Å². The Hall–Kier alpha value is -2.97. The minimum atomic E-state index is -3.70. The third-order valence-corrected chi connectivity index (χ3v) is 7.45. The molecule has 1 saturated heterocycles. The van der Waals surface area contributed by atoms with E-state index in [2.05, 4.69) is 10.4 Å². The summed E-state index contributed by atoms with van der Waals surface area (Å²) in [5.74, 6) is -0.256. The normalized spacial score (nSPS) is 17.0. The maximum atomic E-state index is 13.0. The molecule has 8 heteroatoms. The van der Waals surface area contributed by atoms with E-state index in [0.29, 0.717) is 32.5 Å². The highest BCUT2D eigenvalue weighted by Gasteiger charge is 2.39. The summed E-state index contributed by atoms with van der Waals surface area (Å²) in [7, 11) is -3.70. The molecule has 1 amide bonds. The summed E-state index contributed by atoms with van der Waals surface area (Å²) in [4.78, 5) is 13.0. The molecule has 1 aliphatic rings. The summed E-state index contributed by atoms with van der Waals surface area (Å²) < 4.78 is 29.3. The van der Waals surface area contributed by atoms with Gasteiger partial charge in [0.15, 0.2) is 0 Å². The second-order valence-electron chi connectivity index (χ2n) is 7.82. The first-order valence-corrected chi connectivity index (χ1v) is 11.8. The van der Waals surface area contributed by atoms with Crippen LogP contribution in [0.25, 0.3) is 0 Å². The van der Waals surface area contributed by atoms with Crippen molar-refractivity contribution in [2.45, 2.75) is 43.8 Å². The Bertz CT molecular complexity index is 1120. The lowest BCUT2D eigenvalue weighted by Crippen LogP contribution is -2.45. The molecule has 1 fully saturated rings. The number of nitrogens with one attached hydrogen (secondary N) is 1. The predicted octanol–water partition coefficient (Wildman–Crippen LogP) is 2.71. The minimum Gasteiger partial charge on any atom is -0.351 e. The van der Waals surface area contributed by atoms with Crippen LogP contribution in [0.15, 0.2) is 71.9 Å². The minimum absolute atomic E-state index is 0.227. The molecule has 0 unspecified atom stereocenters. The number of carbonyl (C=O) groups is 1. The summed E-state index contributed by atoms with van der Waals surface area (Å²) in [6.45, 7) is 3.31. The van der Waals surface area contributed by atoms with E-state index < -0.39 is 16.1 Å². The number of aryl methyl sites for hydroxylation is 1. The summed E-state index contributed by atoms with van der Waals surface area (Å²) in [5, 5.41) is 7.10. The lowest BCUT2D eigenvalue weighted by atomic mass is 10.1. The Morgan fingerprint density at radius 3 is 2.48 bits per heavy atom.